The summed E-state index contributed by atoms with van der Waals surface area (Å²) >= 11 is 0. The Kier molecular flexibility index (Phi) is 13.0. The van der Waals surface area contributed by atoms with Gasteiger partial charge in [0.25, 0.3) is 0 Å². The van der Waals surface area contributed by atoms with Crippen LogP contribution in [0.4, 0.5) is 0 Å². The van der Waals surface area contributed by atoms with Crippen molar-refractivity contribution >= 4 is 35.4 Å². The van der Waals surface area contributed by atoms with Gasteiger partial charge in [0.05, 0.1) is 29.5 Å². The fraction of sp³-hybridized carbons (Fsp3) is 0.333. The fourth-order valence-electron chi connectivity index (χ4n) is 2.72. The zero-order chi connectivity index (χ0) is 25.5. The van der Waals surface area contributed by atoms with E-state index >= 15 is 0 Å². The zero-order valence-electron chi connectivity index (χ0n) is 19.4. The molecule has 2 aromatic carbocycles. The summed E-state index contributed by atoms with van der Waals surface area (Å²) in [6, 6.07) is 12.3. The average molecular weight is 491 g/mol. The van der Waals surface area contributed by atoms with E-state index in [0.29, 0.717) is 48.5 Å². The van der Waals surface area contributed by atoms with Crippen molar-refractivity contribution in [3.05, 3.63) is 59.2 Å². The van der Waals surface area contributed by atoms with Crippen molar-refractivity contribution in [3.63, 3.8) is 0 Å². The third-order valence-electron chi connectivity index (χ3n) is 4.42. The van der Waals surface area contributed by atoms with Gasteiger partial charge >= 0.3 is 5.97 Å². The number of aldehydes is 1. The van der Waals surface area contributed by atoms with Crippen molar-refractivity contribution in [1.29, 1.82) is 0 Å². The Labute approximate surface area is 201 Å². The van der Waals surface area contributed by atoms with E-state index in [1.165, 1.54) is 5.56 Å². The van der Waals surface area contributed by atoms with Crippen LogP contribution in [0.3, 0.4) is 0 Å². The number of aliphatic carboxylic acids is 1. The van der Waals surface area contributed by atoms with Crippen LogP contribution in [-0.4, -0.2) is 46.4 Å². The lowest BCUT2D eigenvalue weighted by Gasteiger charge is -2.16. The van der Waals surface area contributed by atoms with Crippen LogP contribution in [0.1, 0.15) is 48.2 Å². The van der Waals surface area contributed by atoms with Gasteiger partial charge in [0, 0.05) is 13.0 Å². The second-order valence-corrected chi connectivity index (χ2v) is 8.18. The molecular weight excluding hydrogens is 460 g/mol. The van der Waals surface area contributed by atoms with Crippen LogP contribution in [0.5, 0.6) is 5.75 Å². The molecule has 3 N–H and O–H groups in total. The lowest BCUT2D eigenvalue weighted by atomic mass is 10.1. The average Bonchev–Trinajstić information content (AvgIpc) is 2.84. The van der Waals surface area contributed by atoms with E-state index in [-0.39, 0.29) is 12.2 Å². The molecule has 1 aliphatic heterocycles. The summed E-state index contributed by atoms with van der Waals surface area (Å²) in [5.41, 5.74) is 2.78. The number of carbonyl (C=O) groups is 4. The fourth-order valence-corrected chi connectivity index (χ4v) is 3.60. The lowest BCUT2D eigenvalue weighted by Crippen LogP contribution is -2.31. The van der Waals surface area contributed by atoms with Gasteiger partial charge in [-0.25, -0.2) is 8.93 Å². The highest BCUT2D eigenvalue weighted by Crippen LogP contribution is 2.26. The normalized spacial score (nSPS) is 13.3. The largest absolute Gasteiger partial charge is 0.492 e. The molecule has 2 atom stereocenters. The quantitative estimate of drug-likeness (QED) is 0.459. The SMILES string of the molecule is CC.Cc1ccc(CNS(=O)c2ccc3c(c2)C(=O)CCO3)cc1.O=CN[C@H](C=O)CC(=O)O. The number of carbonyl (C=O) groups excluding carboxylic acids is 3. The Hall–Kier alpha value is -3.37. The van der Waals surface area contributed by atoms with Crippen molar-refractivity contribution in [2.45, 2.75) is 51.1 Å². The Morgan fingerprint density at radius 1 is 1.18 bits per heavy atom. The highest BCUT2D eigenvalue weighted by atomic mass is 32.2. The van der Waals surface area contributed by atoms with E-state index in [1.54, 1.807) is 18.2 Å². The van der Waals surface area contributed by atoms with Crippen molar-refractivity contribution < 1.29 is 33.2 Å². The summed E-state index contributed by atoms with van der Waals surface area (Å²) < 4.78 is 20.7. The molecular formula is C24H30N2O7S. The third kappa shape index (κ3) is 9.63. The highest BCUT2D eigenvalue weighted by Gasteiger charge is 2.19. The van der Waals surface area contributed by atoms with Crippen LogP contribution in [0, 0.1) is 6.92 Å². The Bertz CT molecular complexity index is 993. The van der Waals surface area contributed by atoms with Crippen molar-refractivity contribution in [2.75, 3.05) is 6.61 Å². The first-order chi connectivity index (χ1) is 16.3. The standard InChI is InChI=1S/C17H17NO3S.C5H7NO4.C2H6/c1-12-2-4-13(5-3-12)11-18-22(20)14-6-7-17-15(10-14)16(19)8-9-21-17;7-2-4(6-3-8)1-5(9)10;1-2/h2-7,10,18H,8-9,11H2,1H3;2-4H,1H2,(H,6,8)(H,9,10);1-2H3/t;4-;/m.0./s1. The number of hydrogen-bond donors (Lipinski definition) is 3. The van der Waals surface area contributed by atoms with Crippen LogP contribution in [0.25, 0.3) is 0 Å². The van der Waals surface area contributed by atoms with E-state index < -0.39 is 23.0 Å². The summed E-state index contributed by atoms with van der Waals surface area (Å²) in [4.78, 5) is 42.0. The van der Waals surface area contributed by atoms with Crippen LogP contribution < -0.4 is 14.8 Å². The lowest BCUT2D eigenvalue weighted by molar-refractivity contribution is -0.138. The zero-order valence-corrected chi connectivity index (χ0v) is 20.2. The Morgan fingerprint density at radius 3 is 2.44 bits per heavy atom. The molecule has 1 aliphatic rings. The van der Waals surface area contributed by atoms with Gasteiger partial charge < -0.3 is 20.0 Å². The van der Waals surface area contributed by atoms with Gasteiger partial charge in [-0.3, -0.25) is 14.4 Å². The molecule has 0 fully saturated rings. The van der Waals surface area contributed by atoms with Crippen molar-refractivity contribution in [2.24, 2.45) is 0 Å². The maximum Gasteiger partial charge on any atom is 0.305 e. The summed E-state index contributed by atoms with van der Waals surface area (Å²) in [5, 5.41) is 10.2. The van der Waals surface area contributed by atoms with Crippen LogP contribution >= 0.6 is 0 Å². The number of rotatable bonds is 9. The van der Waals surface area contributed by atoms with Gasteiger partial charge in [0.1, 0.15) is 23.0 Å². The molecule has 0 aliphatic carbocycles. The number of ether oxygens (including phenoxy) is 1. The van der Waals surface area contributed by atoms with Crippen LogP contribution in [0.2, 0.25) is 0 Å². The first kappa shape index (κ1) is 28.7. The number of amides is 1. The Balaban J connectivity index is 0.000000409. The third-order valence-corrected chi connectivity index (χ3v) is 5.51. The molecule has 9 nitrogen and oxygen atoms in total. The molecule has 34 heavy (non-hydrogen) atoms. The van der Waals surface area contributed by atoms with E-state index in [4.69, 9.17) is 9.84 Å². The van der Waals surface area contributed by atoms with Gasteiger partial charge in [0.2, 0.25) is 6.41 Å². The van der Waals surface area contributed by atoms with Crippen molar-refractivity contribution in [3.8, 4) is 5.75 Å². The molecule has 3 rings (SSSR count). The molecule has 1 amide bonds. The predicted molar refractivity (Wildman–Crippen MR) is 128 cm³/mol. The van der Waals surface area contributed by atoms with Gasteiger partial charge in [-0.15, -0.1) is 0 Å². The number of carboxylic acids is 1. The molecule has 0 aromatic heterocycles. The molecule has 10 heteroatoms. The molecule has 0 bridgehead atoms. The first-order valence-electron chi connectivity index (χ1n) is 10.7. The number of fused-ring (bicyclic) bond motifs is 1. The van der Waals surface area contributed by atoms with E-state index in [9.17, 15) is 23.4 Å². The van der Waals surface area contributed by atoms with E-state index in [1.807, 2.05) is 50.4 Å². The molecule has 0 spiro atoms. The van der Waals surface area contributed by atoms with Crippen LogP contribution in [-0.2, 0) is 31.9 Å². The summed E-state index contributed by atoms with van der Waals surface area (Å²) in [7, 11) is -1.36. The van der Waals surface area contributed by atoms with Crippen molar-refractivity contribution in [1.82, 2.24) is 10.0 Å². The summed E-state index contributed by atoms with van der Waals surface area (Å²) in [5.74, 6) is -0.499. The van der Waals surface area contributed by atoms with Gasteiger partial charge in [0.15, 0.2) is 5.78 Å². The first-order valence-corrected chi connectivity index (χ1v) is 11.9. The molecule has 0 radical (unpaired) electrons. The number of hydrogen-bond acceptors (Lipinski definition) is 6. The molecule has 0 saturated carbocycles. The monoisotopic (exact) mass is 490 g/mol. The summed E-state index contributed by atoms with van der Waals surface area (Å²) in [6.45, 7) is 6.95. The number of aryl methyl sites for hydroxylation is 1. The molecule has 184 valence electrons. The number of ketones is 1. The molecule has 0 saturated heterocycles. The van der Waals surface area contributed by atoms with E-state index in [0.717, 1.165) is 5.56 Å². The number of benzene rings is 2. The minimum absolute atomic E-state index is 0.0404. The number of Topliss-reactive ketones (excluding diaryl/α,β-unsaturated/α-hetero) is 1. The highest BCUT2D eigenvalue weighted by molar-refractivity contribution is 7.83. The smallest absolute Gasteiger partial charge is 0.305 e. The topological polar surface area (TPSA) is 139 Å². The molecule has 1 unspecified atom stereocenters. The minimum atomic E-state index is -1.36. The number of carboxylic acid groups (broad SMARTS) is 1. The van der Waals surface area contributed by atoms with Gasteiger partial charge in [-0.2, -0.15) is 0 Å². The van der Waals surface area contributed by atoms with Gasteiger partial charge in [-0.1, -0.05) is 43.7 Å². The summed E-state index contributed by atoms with van der Waals surface area (Å²) in [6.07, 6.45) is 0.673. The number of nitrogens with one attached hydrogen (secondary N) is 2. The molecule has 2 aromatic rings. The Morgan fingerprint density at radius 2 is 1.85 bits per heavy atom. The minimum Gasteiger partial charge on any atom is -0.492 e. The second kappa shape index (κ2) is 15.5. The maximum atomic E-state index is 12.3. The second-order valence-electron chi connectivity index (χ2n) is 6.88. The molecule has 1 heterocycles. The van der Waals surface area contributed by atoms with Crippen LogP contribution in [0.15, 0.2) is 47.4 Å². The van der Waals surface area contributed by atoms with Gasteiger partial charge in [-0.05, 0) is 30.7 Å². The van der Waals surface area contributed by atoms with E-state index in [2.05, 4.69) is 4.72 Å². The predicted octanol–water partition coefficient (Wildman–Crippen LogP) is 2.57. The maximum absolute atomic E-state index is 12.3.